The van der Waals surface area contributed by atoms with Crippen molar-refractivity contribution in [2.24, 2.45) is 5.92 Å². The summed E-state index contributed by atoms with van der Waals surface area (Å²) in [6.07, 6.45) is 1.65. The predicted octanol–water partition coefficient (Wildman–Crippen LogP) is 0.333. The highest BCUT2D eigenvalue weighted by atomic mass is 16.5. The Bertz CT molecular complexity index is 195. The third-order valence-corrected chi connectivity index (χ3v) is 3.60. The van der Waals surface area contributed by atoms with Gasteiger partial charge in [-0.3, -0.25) is 4.90 Å². The quantitative estimate of drug-likeness (QED) is 0.752. The smallest absolute Gasteiger partial charge is 0.0726 e. The SMILES string of the molecule is CC1CCNCC1OCCN1CCOCC1. The Morgan fingerprint density at radius 2 is 2.19 bits per heavy atom. The van der Waals surface area contributed by atoms with Crippen molar-refractivity contribution in [3.05, 3.63) is 0 Å². The topological polar surface area (TPSA) is 33.7 Å². The molecule has 0 aromatic heterocycles. The van der Waals surface area contributed by atoms with E-state index >= 15 is 0 Å². The van der Waals surface area contributed by atoms with Gasteiger partial charge in [0.1, 0.15) is 0 Å². The van der Waals surface area contributed by atoms with Crippen LogP contribution in [0.2, 0.25) is 0 Å². The molecule has 2 heterocycles. The van der Waals surface area contributed by atoms with Crippen molar-refractivity contribution >= 4 is 0 Å². The molecule has 0 spiro atoms. The van der Waals surface area contributed by atoms with Crippen LogP contribution in [0.1, 0.15) is 13.3 Å². The van der Waals surface area contributed by atoms with Crippen molar-refractivity contribution in [2.75, 3.05) is 52.5 Å². The van der Waals surface area contributed by atoms with Gasteiger partial charge in [0.05, 0.1) is 25.9 Å². The molecule has 2 aliphatic rings. The number of nitrogens with one attached hydrogen (secondary N) is 1. The van der Waals surface area contributed by atoms with Gasteiger partial charge in [-0.1, -0.05) is 6.92 Å². The van der Waals surface area contributed by atoms with Crippen molar-refractivity contribution in [2.45, 2.75) is 19.4 Å². The predicted molar refractivity (Wildman–Crippen MR) is 63.6 cm³/mol. The van der Waals surface area contributed by atoms with Crippen LogP contribution in [0, 0.1) is 5.92 Å². The molecule has 0 aromatic rings. The number of morpholine rings is 1. The molecule has 2 fully saturated rings. The molecule has 0 amide bonds. The monoisotopic (exact) mass is 228 g/mol. The summed E-state index contributed by atoms with van der Waals surface area (Å²) >= 11 is 0. The third-order valence-electron chi connectivity index (χ3n) is 3.60. The molecule has 0 saturated carbocycles. The summed E-state index contributed by atoms with van der Waals surface area (Å²) < 4.78 is 11.3. The van der Waals surface area contributed by atoms with Crippen LogP contribution < -0.4 is 5.32 Å². The number of ether oxygens (including phenoxy) is 2. The molecule has 16 heavy (non-hydrogen) atoms. The van der Waals surface area contributed by atoms with Crippen molar-refractivity contribution in [1.29, 1.82) is 0 Å². The number of hydrogen-bond acceptors (Lipinski definition) is 4. The summed E-state index contributed by atoms with van der Waals surface area (Å²) in [6, 6.07) is 0. The van der Waals surface area contributed by atoms with Crippen LogP contribution in [0.5, 0.6) is 0 Å². The maximum atomic E-state index is 5.95. The van der Waals surface area contributed by atoms with E-state index in [0.29, 0.717) is 12.0 Å². The van der Waals surface area contributed by atoms with E-state index in [0.717, 1.165) is 52.5 Å². The highest BCUT2D eigenvalue weighted by Crippen LogP contribution is 2.14. The fourth-order valence-electron chi connectivity index (χ4n) is 2.34. The van der Waals surface area contributed by atoms with Crippen molar-refractivity contribution in [1.82, 2.24) is 10.2 Å². The van der Waals surface area contributed by atoms with Crippen molar-refractivity contribution in [3.63, 3.8) is 0 Å². The van der Waals surface area contributed by atoms with Crippen molar-refractivity contribution < 1.29 is 9.47 Å². The minimum absolute atomic E-state index is 0.412. The first-order valence-corrected chi connectivity index (χ1v) is 6.48. The molecule has 2 aliphatic heterocycles. The first-order valence-electron chi connectivity index (χ1n) is 6.48. The van der Waals surface area contributed by atoms with E-state index < -0.39 is 0 Å². The number of hydrogen-bond donors (Lipinski definition) is 1. The first kappa shape index (κ1) is 12.3. The standard InChI is InChI=1S/C12H24N2O2/c1-11-2-3-13-10-12(11)16-9-6-14-4-7-15-8-5-14/h11-13H,2-10H2,1H3. The number of rotatable bonds is 4. The van der Waals surface area contributed by atoms with Gasteiger partial charge in [-0.2, -0.15) is 0 Å². The summed E-state index contributed by atoms with van der Waals surface area (Å²) in [5.41, 5.74) is 0. The van der Waals surface area contributed by atoms with Gasteiger partial charge in [-0.05, 0) is 18.9 Å². The lowest BCUT2D eigenvalue weighted by Crippen LogP contribution is -2.43. The van der Waals surface area contributed by atoms with Crippen LogP contribution in [0.3, 0.4) is 0 Å². The Morgan fingerprint density at radius 3 is 2.94 bits per heavy atom. The molecular weight excluding hydrogens is 204 g/mol. The molecule has 94 valence electrons. The minimum atomic E-state index is 0.412. The van der Waals surface area contributed by atoms with E-state index in [-0.39, 0.29) is 0 Å². The second kappa shape index (κ2) is 6.55. The largest absolute Gasteiger partial charge is 0.379 e. The average Bonchev–Trinajstić information content (AvgIpc) is 2.33. The summed E-state index contributed by atoms with van der Waals surface area (Å²) in [4.78, 5) is 2.42. The van der Waals surface area contributed by atoms with Crippen LogP contribution >= 0.6 is 0 Å². The summed E-state index contributed by atoms with van der Waals surface area (Å²) in [5, 5.41) is 3.40. The molecule has 2 unspecified atom stereocenters. The third kappa shape index (κ3) is 3.70. The number of nitrogens with zero attached hydrogens (tertiary/aromatic N) is 1. The Balaban J connectivity index is 1.59. The highest BCUT2D eigenvalue weighted by molar-refractivity contribution is 4.75. The lowest BCUT2D eigenvalue weighted by molar-refractivity contribution is -0.0216. The molecule has 2 saturated heterocycles. The molecule has 2 atom stereocenters. The normalized spacial score (nSPS) is 32.8. The molecule has 4 nitrogen and oxygen atoms in total. The zero-order valence-corrected chi connectivity index (χ0v) is 10.3. The first-order chi connectivity index (χ1) is 7.86. The van der Waals surface area contributed by atoms with E-state index in [9.17, 15) is 0 Å². The van der Waals surface area contributed by atoms with Crippen LogP contribution in [0.15, 0.2) is 0 Å². The Kier molecular flexibility index (Phi) is 5.03. The van der Waals surface area contributed by atoms with Crippen molar-refractivity contribution in [3.8, 4) is 0 Å². The van der Waals surface area contributed by atoms with Gasteiger partial charge >= 0.3 is 0 Å². The molecule has 0 radical (unpaired) electrons. The van der Waals surface area contributed by atoms with Gasteiger partial charge in [0.25, 0.3) is 0 Å². The minimum Gasteiger partial charge on any atom is -0.379 e. The lowest BCUT2D eigenvalue weighted by atomic mass is 9.97. The number of piperidine rings is 1. The molecule has 4 heteroatoms. The second-order valence-electron chi connectivity index (χ2n) is 4.83. The average molecular weight is 228 g/mol. The maximum Gasteiger partial charge on any atom is 0.0726 e. The van der Waals surface area contributed by atoms with Gasteiger partial charge in [0.15, 0.2) is 0 Å². The summed E-state index contributed by atoms with van der Waals surface area (Å²) in [6.45, 7) is 10.2. The molecule has 0 aromatic carbocycles. The van der Waals surface area contributed by atoms with Gasteiger partial charge in [0.2, 0.25) is 0 Å². The van der Waals surface area contributed by atoms with E-state index in [1.807, 2.05) is 0 Å². The molecule has 0 bridgehead atoms. The van der Waals surface area contributed by atoms with Crippen LogP contribution in [0.25, 0.3) is 0 Å². The van der Waals surface area contributed by atoms with Crippen LogP contribution in [0.4, 0.5) is 0 Å². The molecule has 0 aliphatic carbocycles. The van der Waals surface area contributed by atoms with Gasteiger partial charge in [0, 0.05) is 26.2 Å². The highest BCUT2D eigenvalue weighted by Gasteiger charge is 2.21. The Hall–Kier alpha value is -0.160. The summed E-state index contributed by atoms with van der Waals surface area (Å²) in [7, 11) is 0. The van der Waals surface area contributed by atoms with Gasteiger partial charge in [-0.15, -0.1) is 0 Å². The lowest BCUT2D eigenvalue weighted by Gasteiger charge is -2.31. The Morgan fingerprint density at radius 1 is 1.38 bits per heavy atom. The maximum absolute atomic E-state index is 5.95. The fourth-order valence-corrected chi connectivity index (χ4v) is 2.34. The van der Waals surface area contributed by atoms with Gasteiger partial charge in [-0.25, -0.2) is 0 Å². The zero-order chi connectivity index (χ0) is 11.2. The molecule has 2 rings (SSSR count). The van der Waals surface area contributed by atoms with Gasteiger partial charge < -0.3 is 14.8 Å². The van der Waals surface area contributed by atoms with Crippen LogP contribution in [-0.4, -0.2) is 63.5 Å². The fraction of sp³-hybridized carbons (Fsp3) is 1.00. The molecule has 1 N–H and O–H groups in total. The van der Waals surface area contributed by atoms with E-state index in [1.165, 1.54) is 6.42 Å². The van der Waals surface area contributed by atoms with E-state index in [4.69, 9.17) is 9.47 Å². The molecular formula is C12H24N2O2. The Labute approximate surface area is 98.3 Å². The van der Waals surface area contributed by atoms with E-state index in [1.54, 1.807) is 0 Å². The second-order valence-corrected chi connectivity index (χ2v) is 4.83. The summed E-state index contributed by atoms with van der Waals surface area (Å²) in [5.74, 6) is 0.700. The van der Waals surface area contributed by atoms with Crippen LogP contribution in [-0.2, 0) is 9.47 Å². The van der Waals surface area contributed by atoms with E-state index in [2.05, 4.69) is 17.1 Å². The zero-order valence-electron chi connectivity index (χ0n) is 10.3.